The molecule has 0 spiro atoms. The van der Waals surface area contributed by atoms with Crippen LogP contribution in [0.3, 0.4) is 0 Å². The van der Waals surface area contributed by atoms with Crippen LogP contribution in [0.1, 0.15) is 53.0 Å². The average molecular weight is 438 g/mol. The summed E-state index contributed by atoms with van der Waals surface area (Å²) in [7, 11) is 0. The number of thiophene rings is 1. The lowest BCUT2D eigenvalue weighted by Gasteiger charge is -2.10. The fraction of sp³-hybridized carbons (Fsp3) is 0.250. The van der Waals surface area contributed by atoms with Crippen molar-refractivity contribution >= 4 is 28.2 Å². The van der Waals surface area contributed by atoms with E-state index in [2.05, 4.69) is 31.3 Å². The molecule has 1 N–H and O–H groups in total. The fourth-order valence-electron chi connectivity index (χ4n) is 3.33. The normalized spacial score (nSPS) is 12.1. The third-order valence-corrected chi connectivity index (χ3v) is 5.92. The Bertz CT molecular complexity index is 1120. The highest BCUT2D eigenvalue weighted by molar-refractivity contribution is 7.15. The van der Waals surface area contributed by atoms with Gasteiger partial charge in [0.15, 0.2) is 11.5 Å². The lowest BCUT2D eigenvalue weighted by molar-refractivity contribution is 0.0529. The number of amides is 1. The molecule has 0 saturated carbocycles. The van der Waals surface area contributed by atoms with Crippen molar-refractivity contribution in [1.82, 2.24) is 0 Å². The molecule has 4 rings (SSSR count). The minimum absolute atomic E-state index is 0.136. The van der Waals surface area contributed by atoms with Crippen LogP contribution in [0.2, 0.25) is 0 Å². The van der Waals surface area contributed by atoms with E-state index < -0.39 is 5.97 Å². The Morgan fingerprint density at radius 2 is 1.84 bits per heavy atom. The maximum absolute atomic E-state index is 12.9. The highest BCUT2D eigenvalue weighted by Crippen LogP contribution is 2.38. The van der Waals surface area contributed by atoms with E-state index in [1.165, 1.54) is 16.9 Å². The first-order valence-electron chi connectivity index (χ1n) is 10.1. The predicted molar refractivity (Wildman–Crippen MR) is 120 cm³/mol. The van der Waals surface area contributed by atoms with Gasteiger partial charge in [-0.1, -0.05) is 38.1 Å². The number of nitrogens with one attached hydrogen (secondary N) is 1. The Labute approximate surface area is 184 Å². The Morgan fingerprint density at radius 1 is 1.10 bits per heavy atom. The second-order valence-corrected chi connectivity index (χ2v) is 8.25. The van der Waals surface area contributed by atoms with E-state index in [1.807, 2.05) is 17.5 Å². The predicted octanol–water partition coefficient (Wildman–Crippen LogP) is 5.70. The van der Waals surface area contributed by atoms with Crippen molar-refractivity contribution in [2.45, 2.75) is 26.7 Å². The largest absolute Gasteiger partial charge is 0.462 e. The number of esters is 1. The maximum atomic E-state index is 12.9. The maximum Gasteiger partial charge on any atom is 0.341 e. The van der Waals surface area contributed by atoms with Gasteiger partial charge in [-0.25, -0.2) is 4.79 Å². The fourth-order valence-corrected chi connectivity index (χ4v) is 4.28. The highest BCUT2D eigenvalue weighted by Gasteiger charge is 2.24. The quantitative estimate of drug-likeness (QED) is 0.501. The third-order valence-electron chi connectivity index (χ3n) is 5.02. The lowest BCUT2D eigenvalue weighted by Crippen LogP contribution is -2.14. The van der Waals surface area contributed by atoms with Gasteiger partial charge in [-0.3, -0.25) is 4.79 Å². The van der Waals surface area contributed by atoms with Gasteiger partial charge >= 0.3 is 5.97 Å². The van der Waals surface area contributed by atoms with Gasteiger partial charge in [0.25, 0.3) is 5.91 Å². The van der Waals surface area contributed by atoms with Crippen LogP contribution in [-0.4, -0.2) is 25.3 Å². The Balaban J connectivity index is 1.66. The molecule has 0 unspecified atom stereocenters. The minimum Gasteiger partial charge on any atom is -0.462 e. The summed E-state index contributed by atoms with van der Waals surface area (Å²) in [6.45, 7) is 6.40. The molecule has 1 aromatic heterocycles. The second-order valence-electron chi connectivity index (χ2n) is 7.37. The third kappa shape index (κ3) is 4.27. The van der Waals surface area contributed by atoms with Crippen molar-refractivity contribution in [2.24, 2.45) is 0 Å². The van der Waals surface area contributed by atoms with Gasteiger partial charge in [-0.15, -0.1) is 11.3 Å². The second kappa shape index (κ2) is 8.81. The van der Waals surface area contributed by atoms with Crippen LogP contribution < -0.4 is 14.8 Å². The lowest BCUT2D eigenvalue weighted by atomic mass is 9.98. The molecule has 160 valence electrons. The molecular formula is C24H23NO5S. The zero-order valence-corrected chi connectivity index (χ0v) is 18.4. The first-order chi connectivity index (χ1) is 15.0. The molecular weight excluding hydrogens is 414 g/mol. The number of hydrogen-bond acceptors (Lipinski definition) is 6. The number of carbonyl (C=O) groups excluding carboxylic acids is 2. The summed E-state index contributed by atoms with van der Waals surface area (Å²) in [4.78, 5) is 25.6. The van der Waals surface area contributed by atoms with Crippen LogP contribution in [0.15, 0.2) is 47.8 Å². The summed E-state index contributed by atoms with van der Waals surface area (Å²) >= 11 is 1.30. The first-order valence-corrected chi connectivity index (χ1v) is 11.0. The number of carbonyl (C=O) groups is 2. The zero-order chi connectivity index (χ0) is 22.0. The van der Waals surface area contributed by atoms with Crippen LogP contribution in [0.5, 0.6) is 11.5 Å². The number of hydrogen-bond donors (Lipinski definition) is 1. The molecule has 0 fully saturated rings. The van der Waals surface area contributed by atoms with Gasteiger partial charge in [0.05, 0.1) is 6.61 Å². The van der Waals surface area contributed by atoms with Crippen molar-refractivity contribution in [3.63, 3.8) is 0 Å². The van der Waals surface area contributed by atoms with Crippen LogP contribution in [0.4, 0.5) is 5.00 Å². The first kappa shape index (κ1) is 20.9. The van der Waals surface area contributed by atoms with Crippen molar-refractivity contribution in [3.8, 4) is 22.6 Å². The molecule has 0 bridgehead atoms. The molecule has 1 aliphatic heterocycles. The van der Waals surface area contributed by atoms with E-state index in [1.54, 1.807) is 25.1 Å². The van der Waals surface area contributed by atoms with E-state index in [9.17, 15) is 9.59 Å². The topological polar surface area (TPSA) is 73.9 Å². The van der Waals surface area contributed by atoms with Crippen LogP contribution >= 0.6 is 11.3 Å². The summed E-state index contributed by atoms with van der Waals surface area (Å²) < 4.78 is 15.9. The van der Waals surface area contributed by atoms with E-state index in [4.69, 9.17) is 14.2 Å². The molecule has 1 aliphatic rings. The molecule has 2 aromatic carbocycles. The minimum atomic E-state index is -0.465. The standard InChI is InChI=1S/C24H23NO5S/c1-4-28-24(27)21-18(16-7-5-15(6-8-16)14(2)3)12-31-23(21)25-22(26)17-9-10-19-20(11-17)30-13-29-19/h5-12,14H,4,13H2,1-3H3,(H,25,26). The zero-order valence-electron chi connectivity index (χ0n) is 17.6. The number of ether oxygens (including phenoxy) is 3. The monoisotopic (exact) mass is 437 g/mol. The van der Waals surface area contributed by atoms with Gasteiger partial charge in [-0.05, 0) is 42.2 Å². The summed E-state index contributed by atoms with van der Waals surface area (Å²) in [6.07, 6.45) is 0. The summed E-state index contributed by atoms with van der Waals surface area (Å²) in [5.41, 5.74) is 3.62. The molecule has 7 heteroatoms. The molecule has 0 radical (unpaired) electrons. The number of benzene rings is 2. The van der Waals surface area contributed by atoms with E-state index in [-0.39, 0.29) is 19.3 Å². The molecule has 6 nitrogen and oxygen atoms in total. The van der Waals surface area contributed by atoms with Gasteiger partial charge in [-0.2, -0.15) is 0 Å². The SMILES string of the molecule is CCOC(=O)c1c(-c2ccc(C(C)C)cc2)csc1NC(=O)c1ccc2c(c1)OCO2. The number of fused-ring (bicyclic) bond motifs is 1. The number of anilines is 1. The molecule has 0 aliphatic carbocycles. The Morgan fingerprint density at radius 3 is 2.55 bits per heavy atom. The Kier molecular flexibility index (Phi) is 5.95. The smallest absolute Gasteiger partial charge is 0.341 e. The van der Waals surface area contributed by atoms with E-state index in [0.717, 1.165) is 11.1 Å². The van der Waals surface area contributed by atoms with Crippen LogP contribution in [0.25, 0.3) is 11.1 Å². The van der Waals surface area contributed by atoms with Gasteiger partial charge < -0.3 is 19.5 Å². The molecule has 3 aromatic rings. The average Bonchev–Trinajstić information content (AvgIpc) is 3.40. The van der Waals surface area contributed by atoms with Crippen molar-refractivity contribution in [2.75, 3.05) is 18.7 Å². The molecule has 31 heavy (non-hydrogen) atoms. The van der Waals surface area contributed by atoms with E-state index >= 15 is 0 Å². The highest BCUT2D eigenvalue weighted by atomic mass is 32.1. The Hall–Kier alpha value is -3.32. The summed E-state index contributed by atoms with van der Waals surface area (Å²) in [5, 5.41) is 5.17. The molecule has 1 amide bonds. The molecule has 2 heterocycles. The van der Waals surface area contributed by atoms with Crippen LogP contribution in [0, 0.1) is 0 Å². The van der Waals surface area contributed by atoms with Crippen LogP contribution in [-0.2, 0) is 4.74 Å². The van der Waals surface area contributed by atoms with Gasteiger partial charge in [0.1, 0.15) is 10.6 Å². The molecule has 0 saturated heterocycles. The molecule has 0 atom stereocenters. The summed E-state index contributed by atoms with van der Waals surface area (Å²) in [5.74, 6) is 0.736. The summed E-state index contributed by atoms with van der Waals surface area (Å²) in [6, 6.07) is 13.1. The number of rotatable bonds is 6. The van der Waals surface area contributed by atoms with Gasteiger partial charge in [0.2, 0.25) is 6.79 Å². The van der Waals surface area contributed by atoms with Crippen molar-refractivity contribution < 1.29 is 23.8 Å². The van der Waals surface area contributed by atoms with E-state index in [0.29, 0.717) is 33.5 Å². The van der Waals surface area contributed by atoms with Crippen molar-refractivity contribution in [1.29, 1.82) is 0 Å². The van der Waals surface area contributed by atoms with Gasteiger partial charge in [0, 0.05) is 16.5 Å². The van der Waals surface area contributed by atoms with Crippen molar-refractivity contribution in [3.05, 3.63) is 64.5 Å².